The first-order valence-electron chi connectivity index (χ1n) is 15.8. The van der Waals surface area contributed by atoms with Gasteiger partial charge in [0.25, 0.3) is 0 Å². The van der Waals surface area contributed by atoms with Crippen molar-refractivity contribution in [3.05, 3.63) is 52.3 Å². The summed E-state index contributed by atoms with van der Waals surface area (Å²) in [5.74, 6) is 0.611. The van der Waals surface area contributed by atoms with Crippen molar-refractivity contribution in [2.45, 2.75) is 71.4 Å². The molecule has 12 heteroatoms. The molecule has 8 nitrogen and oxygen atoms in total. The number of alkyl halides is 3. The van der Waals surface area contributed by atoms with Gasteiger partial charge in [-0.15, -0.1) is 11.3 Å². The number of hydrogen-bond acceptors (Lipinski definition) is 8. The predicted octanol–water partition coefficient (Wildman–Crippen LogP) is 6.03. The predicted molar refractivity (Wildman–Crippen MR) is 174 cm³/mol. The molecule has 0 bridgehead atoms. The molecule has 1 N–H and O–H groups in total. The van der Waals surface area contributed by atoms with Crippen LogP contribution in [-0.4, -0.2) is 93.3 Å². The molecule has 1 aromatic carbocycles. The van der Waals surface area contributed by atoms with Gasteiger partial charge in [-0.05, 0) is 62.9 Å². The number of aromatic nitrogens is 3. The largest absolute Gasteiger partial charge is 0.393 e. The first kappa shape index (κ1) is 31.7. The average molecular weight is 639 g/mol. The number of nitrogens with zero attached hydrogens (tertiary/aromatic N) is 7. The highest BCUT2D eigenvalue weighted by Gasteiger charge is 2.29. The van der Waals surface area contributed by atoms with Crippen LogP contribution >= 0.6 is 11.3 Å². The summed E-state index contributed by atoms with van der Waals surface area (Å²) in [6.07, 6.45) is -1.95. The number of fused-ring (bicyclic) bond motifs is 2. The second-order valence-electron chi connectivity index (χ2n) is 12.7. The van der Waals surface area contributed by atoms with E-state index in [1.54, 1.807) is 6.07 Å². The zero-order valence-electron chi connectivity index (χ0n) is 26.2. The van der Waals surface area contributed by atoms with E-state index >= 15 is 0 Å². The van der Waals surface area contributed by atoms with Crippen molar-refractivity contribution >= 4 is 38.3 Å². The summed E-state index contributed by atoms with van der Waals surface area (Å²) in [7, 11) is 0. The van der Waals surface area contributed by atoms with E-state index in [1.165, 1.54) is 17.5 Å². The zero-order chi connectivity index (χ0) is 31.7. The molecule has 2 fully saturated rings. The maximum atomic E-state index is 12.9. The molecule has 2 aliphatic heterocycles. The van der Waals surface area contributed by atoms with Crippen LogP contribution in [0.4, 0.5) is 19.0 Å². The molecular weight excluding hydrogens is 597 g/mol. The number of rotatable bonds is 9. The Balaban J connectivity index is 1.07. The molecule has 0 amide bonds. The van der Waals surface area contributed by atoms with E-state index in [0.717, 1.165) is 94.0 Å². The van der Waals surface area contributed by atoms with Crippen LogP contribution in [0, 0.1) is 18.3 Å². The third-order valence-corrected chi connectivity index (χ3v) is 10.5. The van der Waals surface area contributed by atoms with E-state index in [4.69, 9.17) is 0 Å². The van der Waals surface area contributed by atoms with Gasteiger partial charge < -0.3 is 9.88 Å². The number of hydrogen-bond donors (Lipinski definition) is 1. The number of benzene rings is 1. The van der Waals surface area contributed by atoms with Gasteiger partial charge in [0.2, 0.25) is 0 Å². The average Bonchev–Trinajstić information content (AvgIpc) is 3.59. The lowest BCUT2D eigenvalue weighted by atomic mass is 10.0. The van der Waals surface area contributed by atoms with Gasteiger partial charge >= 0.3 is 6.18 Å². The third kappa shape index (κ3) is 7.27. The summed E-state index contributed by atoms with van der Waals surface area (Å²) in [4.78, 5) is 16.9. The third-order valence-electron chi connectivity index (χ3n) is 9.44. The molecule has 0 aliphatic carbocycles. The van der Waals surface area contributed by atoms with E-state index in [-0.39, 0.29) is 10.9 Å². The van der Waals surface area contributed by atoms with E-state index in [9.17, 15) is 18.4 Å². The summed E-state index contributed by atoms with van der Waals surface area (Å²) in [5.41, 5.74) is 4.34. The number of aryl methyl sites for hydroxylation is 1. The molecule has 3 aromatic heterocycles. The minimum atomic E-state index is -4.25. The number of piperazine rings is 1. The fraction of sp³-hybridized carbons (Fsp3) is 0.545. The molecule has 5 heterocycles. The molecule has 0 unspecified atom stereocenters. The molecular formula is C33H41F3N8S. The number of nitriles is 1. The highest BCUT2D eigenvalue weighted by atomic mass is 32.1. The Morgan fingerprint density at radius 1 is 1.00 bits per heavy atom. The van der Waals surface area contributed by atoms with Crippen molar-refractivity contribution in [1.82, 2.24) is 29.2 Å². The summed E-state index contributed by atoms with van der Waals surface area (Å²) in [6.45, 7) is 15.4. The Morgan fingerprint density at radius 3 is 2.44 bits per heavy atom. The Hall–Kier alpha value is -3.24. The number of halogens is 3. The molecule has 45 heavy (non-hydrogen) atoms. The van der Waals surface area contributed by atoms with Gasteiger partial charge in [0.05, 0.1) is 11.8 Å². The maximum Gasteiger partial charge on any atom is 0.393 e. The van der Waals surface area contributed by atoms with Gasteiger partial charge in [-0.25, -0.2) is 9.97 Å². The minimum Gasteiger partial charge on any atom is -0.367 e. The van der Waals surface area contributed by atoms with Crippen LogP contribution < -0.4 is 5.32 Å². The van der Waals surface area contributed by atoms with E-state index in [1.807, 2.05) is 6.07 Å². The van der Waals surface area contributed by atoms with E-state index in [0.29, 0.717) is 27.8 Å². The normalized spacial score (nSPS) is 17.9. The Labute approximate surface area is 266 Å². The molecule has 240 valence electrons. The number of likely N-dealkylation sites (tertiary alicyclic amines) is 1. The zero-order valence-corrected chi connectivity index (χ0v) is 27.0. The fourth-order valence-corrected chi connectivity index (χ4v) is 7.77. The molecule has 0 saturated carbocycles. The van der Waals surface area contributed by atoms with Crippen LogP contribution in [0.25, 0.3) is 21.1 Å². The van der Waals surface area contributed by atoms with Gasteiger partial charge in [-0.1, -0.05) is 6.07 Å². The SMILES string of the molecule is Cc1c(CN2CCC(Nc3ncnc4sc(CC(F)(F)F)cc34)CC2)ccc2c1cc(C#N)n2CCN1CCN(C(C)C)CC1. The van der Waals surface area contributed by atoms with Crippen LogP contribution in [0.1, 0.15) is 48.4 Å². The first-order valence-corrected chi connectivity index (χ1v) is 16.7. The maximum absolute atomic E-state index is 12.9. The topological polar surface area (TPSA) is 76.2 Å². The van der Waals surface area contributed by atoms with Crippen LogP contribution in [0.15, 0.2) is 30.6 Å². The van der Waals surface area contributed by atoms with Crippen molar-refractivity contribution < 1.29 is 13.2 Å². The molecule has 2 aliphatic rings. The number of nitrogens with one attached hydrogen (secondary N) is 1. The van der Waals surface area contributed by atoms with Crippen LogP contribution in [0.5, 0.6) is 0 Å². The van der Waals surface area contributed by atoms with Gasteiger partial charge in [-0.2, -0.15) is 18.4 Å². The summed E-state index contributed by atoms with van der Waals surface area (Å²) in [6, 6.07) is 11.2. The lowest BCUT2D eigenvalue weighted by Crippen LogP contribution is -2.49. The van der Waals surface area contributed by atoms with Crippen molar-refractivity contribution in [3.63, 3.8) is 0 Å². The molecule has 0 atom stereocenters. The Morgan fingerprint density at radius 2 is 1.76 bits per heavy atom. The quantitative estimate of drug-likeness (QED) is 0.240. The highest BCUT2D eigenvalue weighted by molar-refractivity contribution is 7.18. The van der Waals surface area contributed by atoms with Crippen molar-refractivity contribution in [3.8, 4) is 6.07 Å². The van der Waals surface area contributed by atoms with Gasteiger partial charge in [0.15, 0.2) is 0 Å². The van der Waals surface area contributed by atoms with Gasteiger partial charge in [0, 0.05) is 86.8 Å². The Kier molecular flexibility index (Phi) is 9.34. The van der Waals surface area contributed by atoms with Crippen LogP contribution in [0.2, 0.25) is 0 Å². The standard InChI is InChI=1S/C33H41F3N8S/c1-22(2)43-13-10-41(11-14-43)12-15-44-26(19-37)16-28-23(3)24(4-5-30(28)44)20-42-8-6-25(7-9-42)40-31-29-17-27(18-33(34,35)36)45-32(29)39-21-38-31/h4-5,16-17,21-22,25H,6-15,18,20H2,1-3H3,(H,38,39,40). The monoisotopic (exact) mass is 638 g/mol. The summed E-state index contributed by atoms with van der Waals surface area (Å²) in [5, 5.41) is 15.2. The second kappa shape index (κ2) is 13.2. The molecule has 6 rings (SSSR count). The van der Waals surface area contributed by atoms with Crippen LogP contribution in [0.3, 0.4) is 0 Å². The lowest BCUT2D eigenvalue weighted by molar-refractivity contribution is -0.126. The van der Waals surface area contributed by atoms with E-state index in [2.05, 4.69) is 73.5 Å². The van der Waals surface area contributed by atoms with Gasteiger partial charge in [0.1, 0.15) is 28.7 Å². The number of anilines is 1. The van der Waals surface area contributed by atoms with Crippen LogP contribution in [-0.2, 0) is 19.5 Å². The lowest BCUT2D eigenvalue weighted by Gasteiger charge is -2.37. The second-order valence-corrected chi connectivity index (χ2v) is 13.8. The Bertz CT molecular complexity index is 1670. The van der Waals surface area contributed by atoms with Crippen molar-refractivity contribution in [1.29, 1.82) is 5.26 Å². The molecule has 0 spiro atoms. The minimum absolute atomic E-state index is 0.189. The van der Waals surface area contributed by atoms with Crippen molar-refractivity contribution in [2.75, 3.05) is 51.1 Å². The van der Waals surface area contributed by atoms with Crippen molar-refractivity contribution in [2.24, 2.45) is 0 Å². The summed E-state index contributed by atoms with van der Waals surface area (Å²) < 4.78 is 41.0. The number of piperidine rings is 1. The number of thiophene rings is 1. The summed E-state index contributed by atoms with van der Waals surface area (Å²) >= 11 is 1.08. The molecule has 4 aromatic rings. The molecule has 2 saturated heterocycles. The molecule has 0 radical (unpaired) electrons. The fourth-order valence-electron chi connectivity index (χ4n) is 6.75. The van der Waals surface area contributed by atoms with E-state index < -0.39 is 12.6 Å². The smallest absolute Gasteiger partial charge is 0.367 e. The first-order chi connectivity index (χ1) is 21.6. The van der Waals surface area contributed by atoms with Gasteiger partial charge in [-0.3, -0.25) is 14.7 Å². The highest BCUT2D eigenvalue weighted by Crippen LogP contribution is 2.33.